The lowest BCUT2D eigenvalue weighted by atomic mass is 10.0. The van der Waals surface area contributed by atoms with Crippen molar-refractivity contribution >= 4 is 23.4 Å². The lowest BCUT2D eigenvalue weighted by Crippen LogP contribution is -2.19. The van der Waals surface area contributed by atoms with Crippen molar-refractivity contribution in [3.8, 4) is 17.3 Å². The van der Waals surface area contributed by atoms with Gasteiger partial charge in [0, 0.05) is 24.7 Å². The van der Waals surface area contributed by atoms with Crippen molar-refractivity contribution < 1.29 is 14.5 Å². The maximum atomic E-state index is 12.7. The summed E-state index contributed by atoms with van der Waals surface area (Å²) in [6.07, 6.45) is 1.67. The third kappa shape index (κ3) is 5.80. The Morgan fingerprint density at radius 2 is 1.85 bits per heavy atom. The molecule has 3 rings (SSSR count). The van der Waals surface area contributed by atoms with E-state index in [1.807, 2.05) is 6.92 Å². The van der Waals surface area contributed by atoms with Crippen LogP contribution in [0.5, 0.6) is 0 Å². The van der Waals surface area contributed by atoms with Crippen molar-refractivity contribution in [3.63, 3.8) is 0 Å². The van der Waals surface area contributed by atoms with Gasteiger partial charge in [-0.3, -0.25) is 10.1 Å². The summed E-state index contributed by atoms with van der Waals surface area (Å²) in [7, 11) is 0. The number of anilines is 2. The number of benzene rings is 1. The van der Waals surface area contributed by atoms with Gasteiger partial charge in [-0.1, -0.05) is 19.1 Å². The molecular formula is C23H23N7O4. The first-order valence-electron chi connectivity index (χ1n) is 10.6. The van der Waals surface area contributed by atoms with Crippen LogP contribution in [0.4, 0.5) is 17.5 Å². The van der Waals surface area contributed by atoms with E-state index in [2.05, 4.69) is 31.7 Å². The van der Waals surface area contributed by atoms with E-state index >= 15 is 0 Å². The molecule has 0 saturated carbocycles. The molecule has 11 nitrogen and oxygen atoms in total. The highest BCUT2D eigenvalue weighted by molar-refractivity contribution is 5.97. The van der Waals surface area contributed by atoms with Crippen molar-refractivity contribution in [1.29, 1.82) is 5.26 Å². The summed E-state index contributed by atoms with van der Waals surface area (Å²) in [5.74, 6) is 0.331. The van der Waals surface area contributed by atoms with E-state index in [-0.39, 0.29) is 12.3 Å². The van der Waals surface area contributed by atoms with Gasteiger partial charge in [0.25, 0.3) is 5.69 Å². The number of hydrogen-bond donors (Lipinski definition) is 2. The van der Waals surface area contributed by atoms with E-state index in [9.17, 15) is 14.9 Å². The highest BCUT2D eigenvalue weighted by Gasteiger charge is 2.22. The molecule has 0 amide bonds. The Kier molecular flexibility index (Phi) is 8.02. The van der Waals surface area contributed by atoms with Gasteiger partial charge < -0.3 is 15.4 Å². The summed E-state index contributed by atoms with van der Waals surface area (Å²) in [6, 6.07) is 11.8. The van der Waals surface area contributed by atoms with Crippen LogP contribution < -0.4 is 10.6 Å². The second kappa shape index (κ2) is 11.3. The van der Waals surface area contributed by atoms with Gasteiger partial charge in [0.1, 0.15) is 17.6 Å². The number of nitro groups is 1. The number of esters is 1. The fraction of sp³-hybridized carbons (Fsp3) is 0.261. The number of aryl methyl sites for hydroxylation is 1. The van der Waals surface area contributed by atoms with Crippen molar-refractivity contribution in [2.24, 2.45) is 0 Å². The van der Waals surface area contributed by atoms with Crippen LogP contribution in [0.25, 0.3) is 11.3 Å². The Bertz CT molecular complexity index is 1210. The van der Waals surface area contributed by atoms with Crippen LogP contribution in [0, 0.1) is 21.4 Å². The number of pyridine rings is 1. The molecule has 0 radical (unpaired) electrons. The second-order valence-electron chi connectivity index (χ2n) is 6.99. The molecule has 0 saturated heterocycles. The van der Waals surface area contributed by atoms with Crippen LogP contribution in [0.15, 0.2) is 42.6 Å². The van der Waals surface area contributed by atoms with Crippen molar-refractivity contribution in [2.75, 3.05) is 30.3 Å². The van der Waals surface area contributed by atoms with E-state index in [0.717, 1.165) is 0 Å². The zero-order valence-corrected chi connectivity index (χ0v) is 18.7. The Morgan fingerprint density at radius 3 is 2.44 bits per heavy atom. The fourth-order valence-corrected chi connectivity index (χ4v) is 3.13. The number of hydrogen-bond acceptors (Lipinski definition) is 10. The van der Waals surface area contributed by atoms with Crippen LogP contribution >= 0.6 is 0 Å². The third-order valence-electron chi connectivity index (χ3n) is 4.76. The molecule has 0 fully saturated rings. The van der Waals surface area contributed by atoms with Gasteiger partial charge >= 0.3 is 5.97 Å². The van der Waals surface area contributed by atoms with Gasteiger partial charge in [0.2, 0.25) is 5.95 Å². The van der Waals surface area contributed by atoms with Gasteiger partial charge in [-0.15, -0.1) is 0 Å². The molecule has 0 aliphatic rings. The molecule has 174 valence electrons. The Labute approximate surface area is 196 Å². The standard InChI is InChI=1S/C23H23N7O4/c1-3-18-20(22(31)34-4-2)21(16-7-5-15(13-24)6-8-16)29-23(28-18)26-12-11-25-19-10-9-17(14-27-19)30(32)33/h5-10,14H,3-4,11-12H2,1-2H3,(H,25,27)(H,26,28,29). The van der Waals surface area contributed by atoms with Crippen molar-refractivity contribution in [2.45, 2.75) is 20.3 Å². The number of nitriles is 1. The summed E-state index contributed by atoms with van der Waals surface area (Å²) in [5.41, 5.74) is 2.34. The molecule has 0 unspecified atom stereocenters. The molecule has 0 aliphatic heterocycles. The molecule has 0 spiro atoms. The maximum Gasteiger partial charge on any atom is 0.342 e. The lowest BCUT2D eigenvalue weighted by Gasteiger charge is -2.15. The molecule has 2 aromatic heterocycles. The van der Waals surface area contributed by atoms with Gasteiger partial charge in [-0.25, -0.2) is 19.7 Å². The largest absolute Gasteiger partial charge is 0.462 e. The first-order valence-corrected chi connectivity index (χ1v) is 10.6. The molecular weight excluding hydrogens is 438 g/mol. The minimum absolute atomic E-state index is 0.0822. The zero-order valence-electron chi connectivity index (χ0n) is 18.7. The maximum absolute atomic E-state index is 12.7. The molecule has 34 heavy (non-hydrogen) atoms. The number of carbonyl (C=O) groups is 1. The molecule has 0 bridgehead atoms. The van der Waals surface area contributed by atoms with Crippen LogP contribution in [-0.4, -0.2) is 45.5 Å². The minimum Gasteiger partial charge on any atom is -0.462 e. The summed E-state index contributed by atoms with van der Waals surface area (Å²) >= 11 is 0. The lowest BCUT2D eigenvalue weighted by molar-refractivity contribution is -0.385. The summed E-state index contributed by atoms with van der Waals surface area (Å²) in [6.45, 7) is 4.71. The quantitative estimate of drug-likeness (QED) is 0.198. The Morgan fingerprint density at radius 1 is 1.12 bits per heavy atom. The second-order valence-corrected chi connectivity index (χ2v) is 6.99. The summed E-state index contributed by atoms with van der Waals surface area (Å²) < 4.78 is 5.24. The molecule has 2 heterocycles. The minimum atomic E-state index is -0.508. The average Bonchev–Trinajstić information content (AvgIpc) is 2.86. The third-order valence-corrected chi connectivity index (χ3v) is 4.76. The highest BCUT2D eigenvalue weighted by Crippen LogP contribution is 2.27. The van der Waals surface area contributed by atoms with Crippen LogP contribution in [-0.2, 0) is 11.2 Å². The monoisotopic (exact) mass is 461 g/mol. The van der Waals surface area contributed by atoms with Gasteiger partial charge in [-0.2, -0.15) is 5.26 Å². The number of ether oxygens (including phenoxy) is 1. The highest BCUT2D eigenvalue weighted by atomic mass is 16.6. The van der Waals surface area contributed by atoms with Crippen LogP contribution in [0.1, 0.15) is 35.5 Å². The number of carbonyl (C=O) groups excluding carboxylic acids is 1. The first kappa shape index (κ1) is 24.1. The Balaban J connectivity index is 1.81. The van der Waals surface area contributed by atoms with Gasteiger partial charge in [0.05, 0.1) is 34.6 Å². The predicted octanol–water partition coefficient (Wildman–Crippen LogP) is 3.58. The Hall–Kier alpha value is -4.59. The van der Waals surface area contributed by atoms with Crippen LogP contribution in [0.3, 0.4) is 0 Å². The fourth-order valence-electron chi connectivity index (χ4n) is 3.13. The number of nitrogens with zero attached hydrogens (tertiary/aromatic N) is 5. The SMILES string of the molecule is CCOC(=O)c1c(CC)nc(NCCNc2ccc([N+](=O)[O-])cn2)nc1-c1ccc(C#N)cc1. The van der Waals surface area contributed by atoms with Gasteiger partial charge in [0.15, 0.2) is 0 Å². The smallest absolute Gasteiger partial charge is 0.342 e. The topological polar surface area (TPSA) is 156 Å². The first-order chi connectivity index (χ1) is 16.5. The number of rotatable bonds is 10. The molecule has 3 aromatic rings. The molecule has 0 atom stereocenters. The van der Waals surface area contributed by atoms with Gasteiger partial charge in [-0.05, 0) is 31.5 Å². The van der Waals surface area contributed by atoms with E-state index in [1.165, 1.54) is 18.3 Å². The molecule has 0 aliphatic carbocycles. The zero-order chi connectivity index (χ0) is 24.5. The van der Waals surface area contributed by atoms with E-state index in [1.54, 1.807) is 31.2 Å². The average molecular weight is 461 g/mol. The van der Waals surface area contributed by atoms with E-state index < -0.39 is 10.9 Å². The van der Waals surface area contributed by atoms with Crippen LogP contribution in [0.2, 0.25) is 0 Å². The molecule has 11 heteroatoms. The summed E-state index contributed by atoms with van der Waals surface area (Å²) in [5, 5.41) is 26.0. The predicted molar refractivity (Wildman–Crippen MR) is 125 cm³/mol. The molecule has 2 N–H and O–H groups in total. The normalized spacial score (nSPS) is 10.3. The number of nitrogens with one attached hydrogen (secondary N) is 2. The van der Waals surface area contributed by atoms with E-state index in [0.29, 0.717) is 59.4 Å². The number of aromatic nitrogens is 3. The van der Waals surface area contributed by atoms with Crippen molar-refractivity contribution in [1.82, 2.24) is 15.0 Å². The van der Waals surface area contributed by atoms with E-state index in [4.69, 9.17) is 10.00 Å². The molecule has 1 aromatic carbocycles. The van der Waals surface area contributed by atoms with Crippen molar-refractivity contribution in [3.05, 3.63) is 69.5 Å². The summed E-state index contributed by atoms with van der Waals surface area (Å²) in [4.78, 5) is 36.0.